The Bertz CT molecular complexity index is 230. The van der Waals surface area contributed by atoms with E-state index in [-0.39, 0.29) is 5.91 Å². The first-order valence-corrected chi connectivity index (χ1v) is 5.65. The monoisotopic (exact) mass is 231 g/mol. The Hall–Kier alpha value is -1.10. The molecule has 0 aromatic heterocycles. The molecule has 94 valence electrons. The van der Waals surface area contributed by atoms with E-state index < -0.39 is 18.2 Å². The first-order chi connectivity index (χ1) is 7.49. The normalized spacial score (nSPS) is 14.2. The Labute approximate surface area is 96.2 Å². The molecule has 1 unspecified atom stereocenters. The summed E-state index contributed by atoms with van der Waals surface area (Å²) in [7, 11) is 0. The summed E-state index contributed by atoms with van der Waals surface area (Å²) >= 11 is 0. The molecular weight excluding hydrogens is 210 g/mol. The highest BCUT2D eigenvalue weighted by atomic mass is 16.5. The summed E-state index contributed by atoms with van der Waals surface area (Å²) in [5.74, 6) is -1.32. The van der Waals surface area contributed by atoms with Crippen molar-refractivity contribution in [3.05, 3.63) is 0 Å². The summed E-state index contributed by atoms with van der Waals surface area (Å²) in [6.07, 6.45) is 1.41. The van der Waals surface area contributed by atoms with Crippen molar-refractivity contribution in [1.29, 1.82) is 0 Å². The summed E-state index contributed by atoms with van der Waals surface area (Å²) < 4.78 is 5.02. The third-order valence-electron chi connectivity index (χ3n) is 2.20. The van der Waals surface area contributed by atoms with Gasteiger partial charge in [-0.1, -0.05) is 19.8 Å². The van der Waals surface area contributed by atoms with Crippen molar-refractivity contribution >= 4 is 11.9 Å². The minimum atomic E-state index is -1.06. The van der Waals surface area contributed by atoms with Gasteiger partial charge < -0.3 is 15.2 Å². The van der Waals surface area contributed by atoms with Crippen molar-refractivity contribution in [3.8, 4) is 0 Å². The van der Waals surface area contributed by atoms with E-state index in [4.69, 9.17) is 9.84 Å². The van der Waals surface area contributed by atoms with Gasteiger partial charge in [-0.25, -0.2) is 4.79 Å². The third-order valence-corrected chi connectivity index (χ3v) is 2.20. The fourth-order valence-corrected chi connectivity index (χ4v) is 1.16. The van der Waals surface area contributed by atoms with Crippen LogP contribution in [-0.4, -0.2) is 35.7 Å². The predicted octanol–water partition coefficient (Wildman–Crippen LogP) is 1.17. The lowest BCUT2D eigenvalue weighted by Gasteiger charge is -2.15. The molecule has 0 aliphatic heterocycles. The van der Waals surface area contributed by atoms with Crippen LogP contribution in [0.3, 0.4) is 0 Å². The number of unbranched alkanes of at least 4 members (excludes halogenated alkanes) is 2. The zero-order chi connectivity index (χ0) is 12.6. The first kappa shape index (κ1) is 14.9. The average molecular weight is 231 g/mol. The number of carboxylic acid groups (broad SMARTS) is 1. The first-order valence-electron chi connectivity index (χ1n) is 5.65. The van der Waals surface area contributed by atoms with Crippen molar-refractivity contribution in [3.63, 3.8) is 0 Å². The highest BCUT2D eigenvalue weighted by Crippen LogP contribution is 1.99. The van der Waals surface area contributed by atoms with Crippen molar-refractivity contribution in [2.24, 2.45) is 0 Å². The molecule has 0 aliphatic rings. The molecule has 1 amide bonds. The van der Waals surface area contributed by atoms with Gasteiger partial charge in [0.05, 0.1) is 0 Å². The minimum absolute atomic E-state index is 0.260. The Morgan fingerprint density at radius 3 is 2.38 bits per heavy atom. The number of amides is 1. The molecule has 0 heterocycles. The molecule has 0 aromatic carbocycles. The van der Waals surface area contributed by atoms with Gasteiger partial charge in [-0.05, 0) is 20.3 Å². The molecule has 0 fully saturated rings. The minimum Gasteiger partial charge on any atom is -0.479 e. The largest absolute Gasteiger partial charge is 0.479 e. The van der Waals surface area contributed by atoms with E-state index in [1.54, 1.807) is 6.92 Å². The van der Waals surface area contributed by atoms with Crippen LogP contribution >= 0.6 is 0 Å². The Kier molecular flexibility index (Phi) is 7.54. The lowest BCUT2D eigenvalue weighted by molar-refractivity contribution is -0.155. The van der Waals surface area contributed by atoms with Crippen molar-refractivity contribution < 1.29 is 19.4 Å². The van der Waals surface area contributed by atoms with Gasteiger partial charge in [-0.3, -0.25) is 4.79 Å². The topological polar surface area (TPSA) is 75.6 Å². The summed E-state index contributed by atoms with van der Waals surface area (Å²) in [5.41, 5.74) is 0. The molecule has 5 heteroatoms. The molecule has 0 radical (unpaired) electrons. The molecule has 5 nitrogen and oxygen atoms in total. The summed E-state index contributed by atoms with van der Waals surface area (Å²) in [4.78, 5) is 21.9. The van der Waals surface area contributed by atoms with Crippen LogP contribution in [0, 0.1) is 0 Å². The van der Waals surface area contributed by atoms with E-state index in [0.717, 1.165) is 19.3 Å². The van der Waals surface area contributed by atoms with Crippen LogP contribution in [0.1, 0.15) is 40.0 Å². The molecule has 0 saturated heterocycles. The van der Waals surface area contributed by atoms with E-state index in [1.165, 1.54) is 6.92 Å². The SMILES string of the molecule is CCCCCNC(=O)C(C)O[C@H](C)C(=O)O. The molecular formula is C11H21NO4. The zero-order valence-corrected chi connectivity index (χ0v) is 10.2. The van der Waals surface area contributed by atoms with E-state index in [9.17, 15) is 9.59 Å². The summed E-state index contributed by atoms with van der Waals surface area (Å²) in [6, 6.07) is 0. The van der Waals surface area contributed by atoms with Gasteiger partial charge >= 0.3 is 5.97 Å². The highest BCUT2D eigenvalue weighted by molar-refractivity contribution is 5.81. The van der Waals surface area contributed by atoms with Gasteiger partial charge in [0.1, 0.15) is 6.10 Å². The molecule has 2 atom stereocenters. The molecule has 0 aliphatic carbocycles. The number of ether oxygens (including phenoxy) is 1. The number of rotatable bonds is 8. The summed E-state index contributed by atoms with van der Waals surface area (Å²) in [6.45, 7) is 5.65. The predicted molar refractivity (Wildman–Crippen MR) is 60.2 cm³/mol. The molecule has 0 saturated carbocycles. The Morgan fingerprint density at radius 1 is 1.25 bits per heavy atom. The third kappa shape index (κ3) is 6.40. The van der Waals surface area contributed by atoms with Crippen LogP contribution in [0.5, 0.6) is 0 Å². The molecule has 0 rings (SSSR count). The lowest BCUT2D eigenvalue weighted by atomic mass is 10.2. The molecule has 0 bridgehead atoms. The maximum absolute atomic E-state index is 11.4. The maximum atomic E-state index is 11.4. The smallest absolute Gasteiger partial charge is 0.332 e. The van der Waals surface area contributed by atoms with E-state index >= 15 is 0 Å². The highest BCUT2D eigenvalue weighted by Gasteiger charge is 2.19. The Morgan fingerprint density at radius 2 is 1.88 bits per heavy atom. The number of carbonyl (C=O) groups is 2. The van der Waals surface area contributed by atoms with Gasteiger partial charge in [-0.15, -0.1) is 0 Å². The van der Waals surface area contributed by atoms with E-state index in [0.29, 0.717) is 6.54 Å². The van der Waals surface area contributed by atoms with E-state index in [1.807, 2.05) is 0 Å². The second-order valence-corrected chi connectivity index (χ2v) is 3.76. The average Bonchev–Trinajstić information content (AvgIpc) is 2.23. The number of carboxylic acids is 1. The van der Waals surface area contributed by atoms with Gasteiger partial charge in [0.25, 0.3) is 0 Å². The summed E-state index contributed by atoms with van der Waals surface area (Å²) in [5, 5.41) is 11.3. The van der Waals surface area contributed by atoms with Gasteiger partial charge in [0.15, 0.2) is 6.10 Å². The lowest BCUT2D eigenvalue weighted by Crippen LogP contribution is -2.38. The van der Waals surface area contributed by atoms with Crippen LogP contribution in [-0.2, 0) is 14.3 Å². The fraction of sp³-hybridized carbons (Fsp3) is 0.818. The van der Waals surface area contributed by atoms with Crippen molar-refractivity contribution in [2.75, 3.05) is 6.54 Å². The molecule has 2 N–H and O–H groups in total. The number of nitrogens with one attached hydrogen (secondary N) is 1. The number of carbonyl (C=O) groups excluding carboxylic acids is 1. The maximum Gasteiger partial charge on any atom is 0.332 e. The standard InChI is InChI=1S/C11H21NO4/c1-4-5-6-7-12-10(13)8(2)16-9(3)11(14)15/h8-9H,4-7H2,1-3H3,(H,12,13)(H,14,15)/t8?,9-/m1/s1. The van der Waals surface area contributed by atoms with E-state index in [2.05, 4.69) is 12.2 Å². The number of hydrogen-bond acceptors (Lipinski definition) is 3. The second-order valence-electron chi connectivity index (χ2n) is 3.76. The quantitative estimate of drug-likeness (QED) is 0.615. The van der Waals surface area contributed by atoms with Crippen LogP contribution in [0.2, 0.25) is 0 Å². The van der Waals surface area contributed by atoms with Crippen molar-refractivity contribution in [2.45, 2.75) is 52.2 Å². The number of aliphatic carboxylic acids is 1. The molecule has 16 heavy (non-hydrogen) atoms. The van der Waals surface area contributed by atoms with Gasteiger partial charge in [-0.2, -0.15) is 0 Å². The number of hydrogen-bond donors (Lipinski definition) is 2. The Balaban J connectivity index is 3.77. The molecule has 0 spiro atoms. The van der Waals surface area contributed by atoms with Crippen LogP contribution < -0.4 is 5.32 Å². The fourth-order valence-electron chi connectivity index (χ4n) is 1.16. The van der Waals surface area contributed by atoms with Gasteiger partial charge in [0, 0.05) is 6.54 Å². The van der Waals surface area contributed by atoms with Crippen LogP contribution in [0.15, 0.2) is 0 Å². The van der Waals surface area contributed by atoms with Gasteiger partial charge in [0.2, 0.25) is 5.91 Å². The second kappa shape index (κ2) is 8.10. The zero-order valence-electron chi connectivity index (χ0n) is 10.2. The molecule has 0 aromatic rings. The van der Waals surface area contributed by atoms with Crippen molar-refractivity contribution in [1.82, 2.24) is 5.32 Å². The van der Waals surface area contributed by atoms with Crippen LogP contribution in [0.4, 0.5) is 0 Å². The van der Waals surface area contributed by atoms with Crippen LogP contribution in [0.25, 0.3) is 0 Å².